The van der Waals surface area contributed by atoms with Crippen molar-refractivity contribution in [2.75, 3.05) is 6.61 Å². The molecule has 2 unspecified atom stereocenters. The lowest BCUT2D eigenvalue weighted by molar-refractivity contribution is 0.0742. The van der Waals surface area contributed by atoms with Crippen LogP contribution in [0.15, 0.2) is 0 Å². The van der Waals surface area contributed by atoms with E-state index >= 15 is 0 Å². The zero-order chi connectivity index (χ0) is 10.6. The molecule has 0 bridgehead atoms. The molecule has 1 rings (SSSR count). The summed E-state index contributed by atoms with van der Waals surface area (Å²) in [6.07, 6.45) is 7.53. The highest BCUT2D eigenvalue weighted by Crippen LogP contribution is 2.42. The van der Waals surface area contributed by atoms with E-state index in [1.54, 1.807) is 0 Å². The second-order valence-electron chi connectivity index (χ2n) is 5.10. The van der Waals surface area contributed by atoms with Gasteiger partial charge in [0.1, 0.15) is 0 Å². The van der Waals surface area contributed by atoms with Crippen LogP contribution < -0.4 is 5.73 Å². The van der Waals surface area contributed by atoms with E-state index in [2.05, 4.69) is 13.8 Å². The molecule has 2 atom stereocenters. The Bertz CT molecular complexity index is 164. The fourth-order valence-electron chi connectivity index (χ4n) is 2.81. The normalized spacial score (nSPS) is 25.7. The molecule has 0 aromatic carbocycles. The number of hydrogen-bond acceptors (Lipinski definition) is 2. The van der Waals surface area contributed by atoms with E-state index < -0.39 is 0 Å². The van der Waals surface area contributed by atoms with Crippen LogP contribution >= 0.6 is 0 Å². The monoisotopic (exact) mass is 199 g/mol. The Morgan fingerprint density at radius 2 is 1.93 bits per heavy atom. The molecule has 1 aliphatic carbocycles. The van der Waals surface area contributed by atoms with Gasteiger partial charge in [0.2, 0.25) is 0 Å². The number of nitrogens with two attached hydrogens (primary N) is 1. The third kappa shape index (κ3) is 2.48. The number of aliphatic hydroxyl groups excluding tert-OH is 1. The number of hydrogen-bond donors (Lipinski definition) is 2. The summed E-state index contributed by atoms with van der Waals surface area (Å²) >= 11 is 0. The highest BCUT2D eigenvalue weighted by Gasteiger charge is 2.37. The van der Waals surface area contributed by atoms with Crippen LogP contribution in [-0.4, -0.2) is 17.8 Å². The van der Waals surface area contributed by atoms with Crippen LogP contribution in [0.5, 0.6) is 0 Å². The molecule has 0 heterocycles. The molecule has 1 saturated carbocycles. The summed E-state index contributed by atoms with van der Waals surface area (Å²) in [7, 11) is 0. The SMILES string of the molecule is CC(N)C(C)(CCO)C1CCCCC1. The standard InChI is InChI=1S/C12H25NO/c1-10(13)12(2,8-9-14)11-6-4-3-5-7-11/h10-11,14H,3-9,13H2,1-2H3. The van der Waals surface area contributed by atoms with Crippen LogP contribution in [0.2, 0.25) is 0 Å². The average molecular weight is 199 g/mol. The first-order chi connectivity index (χ1) is 6.61. The van der Waals surface area contributed by atoms with Gasteiger partial charge >= 0.3 is 0 Å². The predicted octanol–water partition coefficient (Wildman–Crippen LogP) is 2.30. The summed E-state index contributed by atoms with van der Waals surface area (Å²) in [6, 6.07) is 0.192. The first-order valence-corrected chi connectivity index (χ1v) is 5.97. The molecular weight excluding hydrogens is 174 g/mol. The third-order valence-corrected chi connectivity index (χ3v) is 4.23. The molecule has 0 spiro atoms. The quantitative estimate of drug-likeness (QED) is 0.730. The molecule has 2 nitrogen and oxygen atoms in total. The molecule has 2 heteroatoms. The summed E-state index contributed by atoms with van der Waals surface area (Å²) < 4.78 is 0. The zero-order valence-corrected chi connectivity index (χ0v) is 9.63. The first kappa shape index (κ1) is 12.0. The van der Waals surface area contributed by atoms with Crippen molar-refractivity contribution < 1.29 is 5.11 Å². The molecule has 0 amide bonds. The molecule has 3 N–H and O–H groups in total. The molecule has 14 heavy (non-hydrogen) atoms. The van der Waals surface area contributed by atoms with Gasteiger partial charge in [0.15, 0.2) is 0 Å². The predicted molar refractivity (Wildman–Crippen MR) is 60.0 cm³/mol. The topological polar surface area (TPSA) is 46.2 Å². The maximum Gasteiger partial charge on any atom is 0.0436 e. The van der Waals surface area contributed by atoms with Gasteiger partial charge in [-0.15, -0.1) is 0 Å². The van der Waals surface area contributed by atoms with Gasteiger partial charge < -0.3 is 10.8 Å². The maximum atomic E-state index is 9.13. The largest absolute Gasteiger partial charge is 0.396 e. The Labute approximate surface area is 87.9 Å². The van der Waals surface area contributed by atoms with Crippen molar-refractivity contribution in [1.82, 2.24) is 0 Å². The molecule has 84 valence electrons. The van der Waals surface area contributed by atoms with Crippen molar-refractivity contribution in [3.05, 3.63) is 0 Å². The van der Waals surface area contributed by atoms with E-state index in [1.807, 2.05) is 0 Å². The van der Waals surface area contributed by atoms with Gasteiger partial charge in [-0.05, 0) is 37.5 Å². The van der Waals surface area contributed by atoms with Gasteiger partial charge in [0, 0.05) is 12.6 Å². The molecule has 0 aromatic heterocycles. The Kier molecular flexibility index (Phi) is 4.39. The van der Waals surface area contributed by atoms with Gasteiger partial charge in [0.05, 0.1) is 0 Å². The highest BCUT2D eigenvalue weighted by molar-refractivity contribution is 4.90. The van der Waals surface area contributed by atoms with Crippen molar-refractivity contribution in [2.24, 2.45) is 17.1 Å². The molecule has 0 aromatic rings. The fourth-order valence-corrected chi connectivity index (χ4v) is 2.81. The number of rotatable bonds is 4. The molecule has 0 aliphatic heterocycles. The summed E-state index contributed by atoms with van der Waals surface area (Å²) in [5.74, 6) is 0.725. The smallest absolute Gasteiger partial charge is 0.0436 e. The summed E-state index contributed by atoms with van der Waals surface area (Å²) in [5.41, 5.74) is 6.22. The van der Waals surface area contributed by atoms with Crippen LogP contribution in [0.3, 0.4) is 0 Å². The second-order valence-corrected chi connectivity index (χ2v) is 5.10. The molecule has 1 aliphatic rings. The Balaban J connectivity index is 2.64. The highest BCUT2D eigenvalue weighted by atomic mass is 16.3. The molecular formula is C12H25NO. The van der Waals surface area contributed by atoms with Gasteiger partial charge in [-0.2, -0.15) is 0 Å². The van der Waals surface area contributed by atoms with Gasteiger partial charge in [0.25, 0.3) is 0 Å². The van der Waals surface area contributed by atoms with Crippen molar-refractivity contribution >= 4 is 0 Å². The lowest BCUT2D eigenvalue weighted by Crippen LogP contribution is -2.44. The number of aliphatic hydroxyl groups is 1. The minimum atomic E-state index is 0.148. The van der Waals surface area contributed by atoms with E-state index in [9.17, 15) is 0 Å². The van der Waals surface area contributed by atoms with E-state index in [-0.39, 0.29) is 18.1 Å². The van der Waals surface area contributed by atoms with Gasteiger partial charge in [-0.3, -0.25) is 0 Å². The second kappa shape index (κ2) is 5.13. The van der Waals surface area contributed by atoms with Crippen LogP contribution in [0.25, 0.3) is 0 Å². The molecule has 0 saturated heterocycles. The Morgan fingerprint density at radius 3 is 2.36 bits per heavy atom. The van der Waals surface area contributed by atoms with Gasteiger partial charge in [-0.25, -0.2) is 0 Å². The van der Waals surface area contributed by atoms with E-state index in [4.69, 9.17) is 10.8 Å². The van der Waals surface area contributed by atoms with Gasteiger partial charge in [-0.1, -0.05) is 26.2 Å². The van der Waals surface area contributed by atoms with Crippen molar-refractivity contribution in [2.45, 2.75) is 58.4 Å². The Hall–Kier alpha value is -0.0800. The molecule has 1 fully saturated rings. The summed E-state index contributed by atoms with van der Waals surface area (Å²) in [4.78, 5) is 0. The lowest BCUT2D eigenvalue weighted by Gasteiger charge is -2.42. The minimum Gasteiger partial charge on any atom is -0.396 e. The van der Waals surface area contributed by atoms with Crippen LogP contribution in [0.4, 0.5) is 0 Å². The van der Waals surface area contributed by atoms with Crippen molar-refractivity contribution in [3.8, 4) is 0 Å². The van der Waals surface area contributed by atoms with Crippen molar-refractivity contribution in [1.29, 1.82) is 0 Å². The summed E-state index contributed by atoms with van der Waals surface area (Å²) in [6.45, 7) is 4.61. The van der Waals surface area contributed by atoms with E-state index in [1.165, 1.54) is 32.1 Å². The average Bonchev–Trinajstić information content (AvgIpc) is 2.19. The first-order valence-electron chi connectivity index (χ1n) is 5.97. The van der Waals surface area contributed by atoms with Crippen LogP contribution in [0.1, 0.15) is 52.4 Å². The van der Waals surface area contributed by atoms with Crippen LogP contribution in [-0.2, 0) is 0 Å². The third-order valence-electron chi connectivity index (χ3n) is 4.23. The lowest BCUT2D eigenvalue weighted by atomic mass is 9.65. The van der Waals surface area contributed by atoms with E-state index in [0.29, 0.717) is 0 Å². The minimum absolute atomic E-state index is 0.148. The molecule has 0 radical (unpaired) electrons. The summed E-state index contributed by atoms with van der Waals surface area (Å²) in [5, 5.41) is 9.13. The fraction of sp³-hybridized carbons (Fsp3) is 1.00. The zero-order valence-electron chi connectivity index (χ0n) is 9.63. The maximum absolute atomic E-state index is 9.13. The van der Waals surface area contributed by atoms with Crippen molar-refractivity contribution in [3.63, 3.8) is 0 Å². The van der Waals surface area contributed by atoms with E-state index in [0.717, 1.165) is 12.3 Å². The Morgan fingerprint density at radius 1 is 1.36 bits per heavy atom. The van der Waals surface area contributed by atoms with Crippen LogP contribution in [0, 0.1) is 11.3 Å².